The Morgan fingerprint density at radius 3 is 2.45 bits per heavy atom. The minimum atomic E-state index is -5.40. The minimum absolute atomic E-state index is 0.0361. The molecule has 2 aromatic carbocycles. The van der Waals surface area contributed by atoms with Crippen molar-refractivity contribution in [2.45, 2.75) is 38.6 Å². The van der Waals surface area contributed by atoms with Gasteiger partial charge in [0.1, 0.15) is 23.8 Å². The lowest BCUT2D eigenvalue weighted by Gasteiger charge is -2.17. The Hall–Kier alpha value is -4.64. The summed E-state index contributed by atoms with van der Waals surface area (Å²) in [5, 5.41) is 18.1. The summed E-state index contributed by atoms with van der Waals surface area (Å²) in [6.45, 7) is 6.81. The van der Waals surface area contributed by atoms with Crippen molar-refractivity contribution in [3.63, 3.8) is 0 Å². The van der Waals surface area contributed by atoms with Crippen LogP contribution in [0.25, 0.3) is 22.0 Å². The molecule has 44 heavy (non-hydrogen) atoms. The number of aromatic nitrogens is 3. The number of fused-ring (bicyclic) bond motifs is 1. The minimum Gasteiger partial charge on any atom is -0.446 e. The topological polar surface area (TPSA) is 131 Å². The molecule has 0 aliphatic heterocycles. The van der Waals surface area contributed by atoms with Gasteiger partial charge in [0.25, 0.3) is 5.56 Å². The molecule has 2 heterocycles. The number of nitrogens with zero attached hydrogens (tertiary/aromatic N) is 4. The zero-order valence-electron chi connectivity index (χ0n) is 23.8. The monoisotopic (exact) mass is 639 g/mol. The van der Waals surface area contributed by atoms with Crippen LogP contribution in [-0.2, 0) is 23.3 Å². The van der Waals surface area contributed by atoms with Crippen molar-refractivity contribution in [3.05, 3.63) is 74.8 Å². The largest absolute Gasteiger partial charge is 0.471 e. The highest BCUT2D eigenvalue weighted by Gasteiger charge is 2.40. The van der Waals surface area contributed by atoms with Crippen LogP contribution in [0.15, 0.2) is 47.5 Å². The zero-order chi connectivity index (χ0) is 32.6. The molecule has 0 saturated carbocycles. The lowest BCUT2D eigenvalue weighted by atomic mass is 10.0. The van der Waals surface area contributed by atoms with Gasteiger partial charge in [-0.05, 0) is 30.3 Å². The molecule has 0 bridgehead atoms. The molecule has 0 aliphatic rings. The molecule has 0 fully saturated rings. The maximum atomic E-state index is 14.6. The molecule has 0 unspecified atom stereocenters. The number of nitrogens with one attached hydrogen (secondary N) is 1. The Morgan fingerprint density at radius 1 is 1.14 bits per heavy atom. The van der Waals surface area contributed by atoms with Crippen LogP contribution >= 0.6 is 0 Å². The summed E-state index contributed by atoms with van der Waals surface area (Å²) < 4.78 is 81.0. The van der Waals surface area contributed by atoms with Gasteiger partial charge in [-0.25, -0.2) is 13.5 Å². The predicted octanol–water partition coefficient (Wildman–Crippen LogP) is 6.19. The van der Waals surface area contributed by atoms with Gasteiger partial charge in [0.2, 0.25) is 5.75 Å². The lowest BCUT2D eigenvalue weighted by Crippen LogP contribution is -2.30. The van der Waals surface area contributed by atoms with Crippen LogP contribution in [0.3, 0.4) is 0 Å². The predicted molar refractivity (Wildman–Crippen MR) is 152 cm³/mol. The standard InChI is InChI=1S/C27H26F5N5O6Si/c1-35-13-18(17-12-33-36(22(17)25(35)38)14-42-9-10-44(2,3)4)16-6-7-20(34-26(39)27(30,31)32)23(37(40)41)24(16)43-21-8-5-15(28)11-19(21)29/h5-8,11-13H,9-10,14H2,1-4H3,(H,34,39). The van der Waals surface area contributed by atoms with E-state index in [1.165, 1.54) is 29.4 Å². The highest BCUT2D eigenvalue weighted by atomic mass is 28.3. The third kappa shape index (κ3) is 6.94. The second-order valence-corrected chi connectivity index (χ2v) is 16.6. The maximum absolute atomic E-state index is 14.6. The SMILES string of the molecule is Cn1cc(-c2ccc(NC(=O)C(F)(F)F)c([N+](=O)[O-])c2Oc2ccc(F)cc2F)c2cnn(COCC[Si](C)(C)C)c2c1=O. The molecule has 4 aromatic rings. The second kappa shape index (κ2) is 12.2. The molecule has 0 spiro atoms. The summed E-state index contributed by atoms with van der Waals surface area (Å²) in [7, 11) is -0.0275. The van der Waals surface area contributed by atoms with Crippen LogP contribution in [0.2, 0.25) is 25.7 Å². The summed E-state index contributed by atoms with van der Waals surface area (Å²) >= 11 is 0. The van der Waals surface area contributed by atoms with Gasteiger partial charge >= 0.3 is 17.8 Å². The van der Waals surface area contributed by atoms with E-state index in [-0.39, 0.29) is 28.8 Å². The van der Waals surface area contributed by atoms with Crippen LogP contribution in [0.4, 0.5) is 33.3 Å². The number of pyridine rings is 1. The number of halogens is 5. The normalized spacial score (nSPS) is 12.0. The first-order valence-electron chi connectivity index (χ1n) is 12.9. The highest BCUT2D eigenvalue weighted by molar-refractivity contribution is 6.76. The third-order valence-electron chi connectivity index (χ3n) is 6.40. The first kappa shape index (κ1) is 32.3. The third-order valence-corrected chi connectivity index (χ3v) is 8.11. The number of ether oxygens (including phenoxy) is 2. The Morgan fingerprint density at radius 2 is 1.84 bits per heavy atom. The van der Waals surface area contributed by atoms with E-state index in [4.69, 9.17) is 9.47 Å². The van der Waals surface area contributed by atoms with E-state index >= 15 is 0 Å². The molecule has 234 valence electrons. The van der Waals surface area contributed by atoms with E-state index in [0.717, 1.165) is 34.9 Å². The first-order chi connectivity index (χ1) is 20.5. The molecule has 0 aliphatic carbocycles. The summed E-state index contributed by atoms with van der Waals surface area (Å²) in [5.74, 6) is -6.27. The average molecular weight is 640 g/mol. The van der Waals surface area contributed by atoms with Crippen molar-refractivity contribution < 1.29 is 41.1 Å². The molecule has 17 heteroatoms. The number of benzene rings is 2. The van der Waals surface area contributed by atoms with Crippen LogP contribution < -0.4 is 15.6 Å². The summed E-state index contributed by atoms with van der Waals surface area (Å²) in [6.07, 6.45) is -2.82. The highest BCUT2D eigenvalue weighted by Crippen LogP contribution is 2.47. The van der Waals surface area contributed by atoms with Gasteiger partial charge in [0, 0.05) is 50.5 Å². The van der Waals surface area contributed by atoms with E-state index in [2.05, 4.69) is 24.7 Å². The number of aryl methyl sites for hydroxylation is 1. The van der Waals surface area contributed by atoms with Crippen molar-refractivity contribution >= 4 is 36.3 Å². The Labute approximate surface area is 247 Å². The number of carbonyl (C=O) groups is 1. The molecule has 0 saturated heterocycles. The van der Waals surface area contributed by atoms with Crippen molar-refractivity contribution in [2.75, 3.05) is 11.9 Å². The number of carbonyl (C=O) groups excluding carboxylic acids is 1. The van der Waals surface area contributed by atoms with Gasteiger partial charge < -0.3 is 19.4 Å². The van der Waals surface area contributed by atoms with Crippen molar-refractivity contribution in [1.29, 1.82) is 0 Å². The lowest BCUT2D eigenvalue weighted by molar-refractivity contribution is -0.384. The average Bonchev–Trinajstić information content (AvgIpc) is 3.33. The fourth-order valence-electron chi connectivity index (χ4n) is 4.17. The van der Waals surface area contributed by atoms with Crippen molar-refractivity contribution in [3.8, 4) is 22.6 Å². The molecule has 1 amide bonds. The summed E-state index contributed by atoms with van der Waals surface area (Å²) in [4.78, 5) is 36.0. The van der Waals surface area contributed by atoms with Crippen molar-refractivity contribution in [1.82, 2.24) is 14.3 Å². The molecular weight excluding hydrogens is 613 g/mol. The Kier molecular flexibility index (Phi) is 8.92. The summed E-state index contributed by atoms with van der Waals surface area (Å²) in [6, 6.07) is 4.84. The number of rotatable bonds is 10. The molecule has 4 rings (SSSR count). The van der Waals surface area contributed by atoms with E-state index in [9.17, 15) is 41.7 Å². The fourth-order valence-corrected chi connectivity index (χ4v) is 4.93. The Balaban J connectivity index is 1.93. The summed E-state index contributed by atoms with van der Waals surface area (Å²) in [5.41, 5.74) is -2.63. The van der Waals surface area contributed by atoms with E-state index in [1.54, 1.807) is 0 Å². The number of hydrogen-bond acceptors (Lipinski definition) is 7. The van der Waals surface area contributed by atoms with Crippen LogP contribution in [0.1, 0.15) is 0 Å². The first-order valence-corrected chi connectivity index (χ1v) is 16.6. The van der Waals surface area contributed by atoms with Gasteiger partial charge in [0.15, 0.2) is 11.6 Å². The van der Waals surface area contributed by atoms with E-state index in [1.807, 2.05) is 0 Å². The van der Waals surface area contributed by atoms with Gasteiger partial charge in [-0.3, -0.25) is 19.7 Å². The number of nitro benzene ring substituents is 1. The molecule has 2 aromatic heterocycles. The van der Waals surface area contributed by atoms with Gasteiger partial charge in [0.05, 0.1) is 11.1 Å². The van der Waals surface area contributed by atoms with Gasteiger partial charge in [-0.2, -0.15) is 18.3 Å². The fraction of sp³-hybridized carbons (Fsp3) is 0.296. The smallest absolute Gasteiger partial charge is 0.446 e. The van der Waals surface area contributed by atoms with Crippen molar-refractivity contribution in [2.24, 2.45) is 7.05 Å². The van der Waals surface area contributed by atoms with Gasteiger partial charge in [-0.1, -0.05) is 19.6 Å². The molecular formula is C27H26F5N5O6Si. The maximum Gasteiger partial charge on any atom is 0.471 e. The van der Waals surface area contributed by atoms with Gasteiger partial charge in [-0.15, -0.1) is 0 Å². The molecule has 0 atom stereocenters. The van der Waals surface area contributed by atoms with E-state index < -0.39 is 65.1 Å². The number of amides is 1. The number of nitro groups is 1. The van der Waals surface area contributed by atoms with Crippen LogP contribution in [-0.4, -0.2) is 46.0 Å². The van der Waals surface area contributed by atoms with E-state index in [0.29, 0.717) is 12.7 Å². The quantitative estimate of drug-likeness (QED) is 0.0720. The molecule has 11 nitrogen and oxygen atoms in total. The second-order valence-electron chi connectivity index (χ2n) is 10.9. The zero-order valence-corrected chi connectivity index (χ0v) is 24.8. The van der Waals surface area contributed by atoms with Crippen LogP contribution in [0, 0.1) is 21.7 Å². The Bertz CT molecular complexity index is 1820. The van der Waals surface area contributed by atoms with Crippen LogP contribution in [0.5, 0.6) is 11.5 Å². The number of alkyl halides is 3. The number of hydrogen-bond donors (Lipinski definition) is 1. The molecule has 0 radical (unpaired) electrons. The molecule has 1 N–H and O–H groups in total. The number of anilines is 1.